The Hall–Kier alpha value is -20.1. The molecule has 20 aromatic carbocycles. The summed E-state index contributed by atoms with van der Waals surface area (Å²) in [6.45, 7) is 0. The largest absolute Gasteiger partial charge is 0.455 e. The van der Waals surface area contributed by atoms with Gasteiger partial charge in [-0.2, -0.15) is 0 Å². The summed E-state index contributed by atoms with van der Waals surface area (Å²) in [5.74, 6) is 4.13. The van der Waals surface area contributed by atoms with E-state index in [2.05, 4.69) is 297 Å². The first kappa shape index (κ1) is 86.0. The Morgan fingerprint density at radius 3 is 0.667 bits per heavy atom. The van der Waals surface area contributed by atoms with Crippen LogP contribution in [0.4, 0.5) is 0 Å². The van der Waals surface area contributed by atoms with Crippen LogP contribution in [0, 0.1) is 0 Å². The molecule has 29 rings (SSSR count). The van der Waals surface area contributed by atoms with E-state index in [0.29, 0.717) is 40.8 Å². The van der Waals surface area contributed by atoms with Crippen LogP contribution in [0.1, 0.15) is 0 Å². The van der Waals surface area contributed by atoms with Crippen molar-refractivity contribution in [3.63, 3.8) is 0 Å². The van der Waals surface area contributed by atoms with Gasteiger partial charge < -0.3 is 13.3 Å². The molecule has 0 amide bonds. The molecule has 0 fully saturated rings. The van der Waals surface area contributed by atoms with Crippen molar-refractivity contribution in [2.75, 3.05) is 0 Å². The molecule has 9 aromatic heterocycles. The van der Waals surface area contributed by atoms with E-state index in [1.54, 1.807) is 0 Å². The monoisotopic (exact) mass is 1880 g/mol. The molecule has 0 atom stereocenters. The number of nitrogens with zero attached hydrogens (tertiary/aromatic N) is 11. The molecule has 14 heteroatoms. The lowest BCUT2D eigenvalue weighted by molar-refractivity contribution is 0.669. The highest BCUT2D eigenvalue weighted by Crippen LogP contribution is 2.51. The predicted octanol–water partition coefficient (Wildman–Crippen LogP) is 34.4. The summed E-state index contributed by atoms with van der Waals surface area (Å²) in [6.07, 6.45) is 0. The molecule has 0 spiro atoms. The van der Waals surface area contributed by atoms with E-state index in [1.165, 1.54) is 0 Å². The SMILES string of the molecule is c1ccc(-c2cc(-c3ccccc3)nc(-c3ccc(-c4cc5c(-c6ccccc6)nc6ccccc6c5c5c4oc4ccccc45)cc3)n2)cc1.c1ccc(-c2ccc(-c3nc(-c4ccccc4)nc(-c4cc5c(-c6ccccc6)nc6ccccc6c5c5c4oc4ccccc45)n3)cc2)cc1.c1ccc(-c2nc(-c3ccccc3)nc(-c3cc4c(-c5ccccc5)nc5ccccc5c4c4c3oc3ccccc34)n2)cc1. The Bertz CT molecular complexity index is 10000. The van der Waals surface area contributed by atoms with Gasteiger partial charge in [0.1, 0.15) is 33.5 Å². The summed E-state index contributed by atoms with van der Waals surface area (Å²) in [4.78, 5) is 56.3. The Morgan fingerprint density at radius 1 is 0.129 bits per heavy atom. The molecule has 0 N–H and O–H groups in total. The predicted molar refractivity (Wildman–Crippen MR) is 598 cm³/mol. The first-order valence-electron chi connectivity index (χ1n) is 49.0. The van der Waals surface area contributed by atoms with Crippen molar-refractivity contribution < 1.29 is 13.3 Å². The molecule has 0 aliphatic carbocycles. The summed E-state index contributed by atoms with van der Waals surface area (Å²) < 4.78 is 20.2. The molecule has 0 saturated carbocycles. The van der Waals surface area contributed by atoms with Crippen LogP contribution < -0.4 is 0 Å². The molecule has 0 unspecified atom stereocenters. The summed E-state index contributed by atoms with van der Waals surface area (Å²) in [5.41, 5.74) is 27.9. The van der Waals surface area contributed by atoms with Crippen LogP contribution in [0.5, 0.6) is 0 Å². The van der Waals surface area contributed by atoms with Crippen LogP contribution in [-0.4, -0.2) is 54.8 Å². The second-order valence-corrected chi connectivity index (χ2v) is 36.4. The lowest BCUT2D eigenvalue weighted by Gasteiger charge is -2.14. The number of hydrogen-bond donors (Lipinski definition) is 0. The number of para-hydroxylation sites is 6. The summed E-state index contributed by atoms with van der Waals surface area (Å²) >= 11 is 0. The van der Waals surface area contributed by atoms with Crippen molar-refractivity contribution in [2.45, 2.75) is 0 Å². The smallest absolute Gasteiger partial charge is 0.167 e. The van der Waals surface area contributed by atoms with E-state index in [9.17, 15) is 0 Å². The maximum atomic E-state index is 6.78. The summed E-state index contributed by atoms with van der Waals surface area (Å²) in [7, 11) is 0. The van der Waals surface area contributed by atoms with E-state index in [0.717, 1.165) is 248 Å². The molecule has 14 nitrogen and oxygen atoms in total. The number of fused-ring (bicyclic) bond motifs is 21. The third-order valence-corrected chi connectivity index (χ3v) is 27.5. The average molecular weight is 1880 g/mol. The molecule has 686 valence electrons. The highest BCUT2D eigenvalue weighted by atomic mass is 16.3. The van der Waals surface area contributed by atoms with Crippen molar-refractivity contribution >= 4 is 131 Å². The van der Waals surface area contributed by atoms with Crippen LogP contribution in [0.2, 0.25) is 0 Å². The highest BCUT2D eigenvalue weighted by molar-refractivity contribution is 6.34. The van der Waals surface area contributed by atoms with Crippen LogP contribution in [0.25, 0.3) is 289 Å². The van der Waals surface area contributed by atoms with Gasteiger partial charge in [-0.1, -0.05) is 431 Å². The van der Waals surface area contributed by atoms with E-state index in [-0.39, 0.29) is 0 Å². The first-order valence-corrected chi connectivity index (χ1v) is 49.0. The second-order valence-electron chi connectivity index (χ2n) is 36.4. The number of hydrogen-bond acceptors (Lipinski definition) is 14. The maximum Gasteiger partial charge on any atom is 0.167 e. The average Bonchev–Trinajstić information content (AvgIpc) is 1.61. The number of benzene rings is 20. The van der Waals surface area contributed by atoms with Gasteiger partial charge in [0.25, 0.3) is 0 Å². The minimum atomic E-state index is 0.532. The lowest BCUT2D eigenvalue weighted by atomic mass is 9.91. The van der Waals surface area contributed by atoms with Gasteiger partial charge >= 0.3 is 0 Å². The van der Waals surface area contributed by atoms with Gasteiger partial charge in [-0.05, 0) is 77.4 Å². The zero-order chi connectivity index (χ0) is 97.2. The number of furan rings is 3. The van der Waals surface area contributed by atoms with Gasteiger partial charge in [-0.3, -0.25) is 0 Å². The fraction of sp³-hybridized carbons (Fsp3) is 0. The number of pyridine rings is 3. The Kier molecular flexibility index (Phi) is 21.6. The minimum Gasteiger partial charge on any atom is -0.455 e. The van der Waals surface area contributed by atoms with E-state index in [1.807, 2.05) is 194 Å². The molecule has 0 radical (unpaired) electrons. The van der Waals surface area contributed by atoms with Crippen LogP contribution in [-0.2, 0) is 0 Å². The van der Waals surface area contributed by atoms with Crippen molar-refractivity contribution in [3.8, 4) is 158 Å². The molecule has 29 aromatic rings. The Balaban J connectivity index is 0.000000109. The molecule has 0 bridgehead atoms. The van der Waals surface area contributed by atoms with Gasteiger partial charge in [-0.25, -0.2) is 54.8 Å². The number of aromatic nitrogens is 11. The van der Waals surface area contributed by atoms with Gasteiger partial charge in [0.05, 0.1) is 56.1 Å². The van der Waals surface area contributed by atoms with Crippen molar-refractivity contribution in [2.24, 2.45) is 0 Å². The van der Waals surface area contributed by atoms with Gasteiger partial charge in [0.15, 0.2) is 40.8 Å². The molecular formula is C133H81N11O3. The summed E-state index contributed by atoms with van der Waals surface area (Å²) in [6, 6.07) is 168. The zero-order valence-corrected chi connectivity index (χ0v) is 78.9. The van der Waals surface area contributed by atoms with Crippen molar-refractivity contribution in [1.29, 1.82) is 0 Å². The van der Waals surface area contributed by atoms with Crippen LogP contribution in [0.15, 0.2) is 505 Å². The molecule has 0 aliphatic heterocycles. The van der Waals surface area contributed by atoms with Crippen LogP contribution in [0.3, 0.4) is 0 Å². The van der Waals surface area contributed by atoms with E-state index in [4.69, 9.17) is 68.1 Å². The quantitative estimate of drug-likeness (QED) is 0.0938. The van der Waals surface area contributed by atoms with E-state index < -0.39 is 0 Å². The van der Waals surface area contributed by atoms with Gasteiger partial charge in [-0.15, -0.1) is 0 Å². The molecule has 147 heavy (non-hydrogen) atoms. The molecular weight excluding hydrogens is 1800 g/mol. The fourth-order valence-electron chi connectivity index (χ4n) is 20.6. The van der Waals surface area contributed by atoms with Gasteiger partial charge in [0.2, 0.25) is 0 Å². The normalized spacial score (nSPS) is 11.5. The Labute approximate surface area is 842 Å². The molecule has 0 aliphatic rings. The molecule has 9 heterocycles. The number of rotatable bonds is 14. The van der Waals surface area contributed by atoms with E-state index >= 15 is 0 Å². The fourth-order valence-corrected chi connectivity index (χ4v) is 20.6. The summed E-state index contributed by atoms with van der Waals surface area (Å²) in [5, 5.41) is 16.0. The van der Waals surface area contributed by atoms with Crippen molar-refractivity contribution in [1.82, 2.24) is 54.8 Å². The standard InChI is InChI=1S/C47H29N3O.C46H28N4O.C40H24N4O/c1-4-14-31(15-5-1)40-29-41(32-16-6-2-7-17-32)50-47(49-40)34-26-24-30(25-27-34)37-28-38-43(44-36-21-11-13-23-42(36)51-46(37)44)35-20-10-12-22-39(35)48-45(38)33-18-8-3-9-19-33;1-4-14-29(15-5-1)30-24-26-33(27-25-30)45-48-44(32-18-8-3-9-19-32)49-46(50-45)37-28-36-40(41-35-21-11-13-23-39(35)51-43(37)41)34-20-10-12-22-38(34)47-42(36)31-16-6-2-7-17-31;1-4-14-25(15-5-1)36-30-24-31(40-43-38(26-16-6-2-7-17-26)42-39(44-40)27-18-8-3-9-19-27)37-35(29-21-11-13-23-33(29)45-37)34(30)28-20-10-12-22-32(28)41-36/h1-29H;1-28H;1-24H. The zero-order valence-electron chi connectivity index (χ0n) is 78.9. The second kappa shape index (κ2) is 36.8. The topological polar surface area (TPSA) is 181 Å². The third kappa shape index (κ3) is 15.8. The van der Waals surface area contributed by atoms with Crippen molar-refractivity contribution in [3.05, 3.63) is 491 Å². The minimum absolute atomic E-state index is 0.532. The lowest BCUT2D eigenvalue weighted by Crippen LogP contribution is -2.01. The van der Waals surface area contributed by atoms with Gasteiger partial charge in [0, 0.05) is 142 Å². The molecule has 0 saturated heterocycles. The Morgan fingerprint density at radius 2 is 0.347 bits per heavy atom. The first-order chi connectivity index (χ1) is 72.9. The third-order valence-electron chi connectivity index (χ3n) is 27.5. The van der Waals surface area contributed by atoms with Crippen LogP contribution >= 0.6 is 0 Å². The highest BCUT2D eigenvalue weighted by Gasteiger charge is 2.29. The maximum absolute atomic E-state index is 6.78.